The van der Waals surface area contributed by atoms with Crippen molar-refractivity contribution in [3.05, 3.63) is 30.1 Å². The molecule has 0 fully saturated rings. The molecule has 2 nitrogen and oxygen atoms in total. The lowest BCUT2D eigenvalue weighted by atomic mass is 10.0. The van der Waals surface area contributed by atoms with E-state index in [-0.39, 0.29) is 11.9 Å². The first-order valence-corrected chi connectivity index (χ1v) is 4.86. The summed E-state index contributed by atoms with van der Waals surface area (Å²) in [7, 11) is 0. The van der Waals surface area contributed by atoms with E-state index in [1.54, 1.807) is 18.2 Å². The van der Waals surface area contributed by atoms with Gasteiger partial charge in [0, 0.05) is 12.6 Å². The van der Waals surface area contributed by atoms with Crippen molar-refractivity contribution in [1.29, 1.82) is 0 Å². The highest BCUT2D eigenvalue weighted by Gasteiger charge is 2.12. The number of para-hydroxylation sites is 1. The van der Waals surface area contributed by atoms with Crippen LogP contribution >= 0.6 is 0 Å². The fourth-order valence-corrected chi connectivity index (χ4v) is 1.28. The van der Waals surface area contributed by atoms with E-state index < -0.39 is 0 Å². The van der Waals surface area contributed by atoms with Crippen LogP contribution in [0.3, 0.4) is 0 Å². The fourth-order valence-electron chi connectivity index (χ4n) is 1.28. The number of anilines is 1. The molecule has 0 radical (unpaired) electrons. The van der Waals surface area contributed by atoms with E-state index in [2.05, 4.69) is 19.2 Å². The Labute approximate surface area is 84.3 Å². The van der Waals surface area contributed by atoms with Gasteiger partial charge in [0.15, 0.2) is 0 Å². The first kappa shape index (κ1) is 11.0. The molecule has 0 bridgehead atoms. The molecule has 1 aromatic rings. The van der Waals surface area contributed by atoms with Gasteiger partial charge in [0.2, 0.25) is 0 Å². The number of benzene rings is 1. The van der Waals surface area contributed by atoms with Gasteiger partial charge in [0.05, 0.1) is 5.69 Å². The Kier molecular flexibility index (Phi) is 3.89. The average molecular weight is 196 g/mol. The summed E-state index contributed by atoms with van der Waals surface area (Å²) >= 11 is 0. The van der Waals surface area contributed by atoms with Gasteiger partial charge in [-0.05, 0) is 18.1 Å². The zero-order chi connectivity index (χ0) is 10.6. The minimum Gasteiger partial charge on any atom is -0.378 e. The lowest BCUT2D eigenvalue weighted by Crippen LogP contribution is -2.33. The number of halogens is 1. The quantitative estimate of drug-likeness (QED) is 0.775. The number of nitrogens with two attached hydrogens (primary N) is 1. The molecule has 3 N–H and O–H groups in total. The van der Waals surface area contributed by atoms with Crippen molar-refractivity contribution in [3.8, 4) is 0 Å². The van der Waals surface area contributed by atoms with Gasteiger partial charge in [-0.25, -0.2) is 4.39 Å². The molecule has 14 heavy (non-hydrogen) atoms. The molecule has 0 saturated heterocycles. The molecule has 0 aliphatic rings. The third-order valence-corrected chi connectivity index (χ3v) is 2.27. The van der Waals surface area contributed by atoms with Crippen LogP contribution in [-0.2, 0) is 0 Å². The predicted octanol–water partition coefficient (Wildman–Crippen LogP) is 2.22. The Hall–Kier alpha value is -1.09. The van der Waals surface area contributed by atoms with Gasteiger partial charge >= 0.3 is 0 Å². The Balaban J connectivity index is 2.72. The van der Waals surface area contributed by atoms with Crippen LogP contribution in [0.2, 0.25) is 0 Å². The van der Waals surface area contributed by atoms with Crippen molar-refractivity contribution in [2.75, 3.05) is 11.9 Å². The summed E-state index contributed by atoms with van der Waals surface area (Å²) < 4.78 is 13.2. The molecule has 0 aliphatic carbocycles. The van der Waals surface area contributed by atoms with Crippen LogP contribution in [0.15, 0.2) is 24.3 Å². The molecule has 0 aliphatic heterocycles. The maximum atomic E-state index is 13.2. The third-order valence-electron chi connectivity index (χ3n) is 2.27. The van der Waals surface area contributed by atoms with Gasteiger partial charge in [-0.1, -0.05) is 26.0 Å². The zero-order valence-electron chi connectivity index (χ0n) is 8.63. The average Bonchev–Trinajstić information content (AvgIpc) is 2.16. The van der Waals surface area contributed by atoms with Crippen molar-refractivity contribution >= 4 is 5.69 Å². The van der Waals surface area contributed by atoms with E-state index >= 15 is 0 Å². The molecular formula is C11H17FN2. The van der Waals surface area contributed by atoms with Crippen molar-refractivity contribution in [2.24, 2.45) is 11.7 Å². The molecule has 0 spiro atoms. The van der Waals surface area contributed by atoms with Gasteiger partial charge in [-0.3, -0.25) is 0 Å². The Morgan fingerprint density at radius 3 is 2.50 bits per heavy atom. The standard InChI is InChI=1S/C11H17FN2/c1-8(2)11(7-13)14-10-6-4-3-5-9(10)12/h3-6,8,11,14H,7,13H2,1-2H3. The van der Waals surface area contributed by atoms with Gasteiger partial charge in [0.25, 0.3) is 0 Å². The van der Waals surface area contributed by atoms with Crippen LogP contribution in [0.25, 0.3) is 0 Å². The molecule has 1 rings (SSSR count). The second-order valence-electron chi connectivity index (χ2n) is 3.71. The lowest BCUT2D eigenvalue weighted by molar-refractivity contribution is 0.526. The van der Waals surface area contributed by atoms with Crippen molar-refractivity contribution in [1.82, 2.24) is 0 Å². The fraction of sp³-hybridized carbons (Fsp3) is 0.455. The van der Waals surface area contributed by atoms with Crippen LogP contribution < -0.4 is 11.1 Å². The smallest absolute Gasteiger partial charge is 0.146 e. The third kappa shape index (κ3) is 2.70. The Morgan fingerprint density at radius 2 is 2.00 bits per heavy atom. The lowest BCUT2D eigenvalue weighted by Gasteiger charge is -2.21. The first-order valence-electron chi connectivity index (χ1n) is 4.86. The van der Waals surface area contributed by atoms with Crippen molar-refractivity contribution in [3.63, 3.8) is 0 Å². The molecular weight excluding hydrogens is 179 g/mol. The summed E-state index contributed by atoms with van der Waals surface area (Å²) in [6, 6.07) is 6.76. The molecule has 0 saturated carbocycles. The minimum absolute atomic E-state index is 0.117. The molecule has 0 aromatic heterocycles. The maximum Gasteiger partial charge on any atom is 0.146 e. The van der Waals surface area contributed by atoms with E-state index in [9.17, 15) is 4.39 Å². The summed E-state index contributed by atoms with van der Waals surface area (Å²) in [6.07, 6.45) is 0. The number of hydrogen-bond acceptors (Lipinski definition) is 2. The summed E-state index contributed by atoms with van der Waals surface area (Å²) in [5.41, 5.74) is 6.11. The van der Waals surface area contributed by atoms with Gasteiger partial charge in [-0.15, -0.1) is 0 Å². The Bertz CT molecular complexity index is 286. The van der Waals surface area contributed by atoms with E-state index in [1.165, 1.54) is 6.07 Å². The predicted molar refractivity (Wildman–Crippen MR) is 57.7 cm³/mol. The number of nitrogens with one attached hydrogen (secondary N) is 1. The SMILES string of the molecule is CC(C)C(CN)Nc1ccccc1F. The van der Waals surface area contributed by atoms with E-state index in [1.807, 2.05) is 0 Å². The van der Waals surface area contributed by atoms with E-state index in [4.69, 9.17) is 5.73 Å². The Morgan fingerprint density at radius 1 is 1.36 bits per heavy atom. The normalized spacial score (nSPS) is 12.9. The monoisotopic (exact) mass is 196 g/mol. The summed E-state index contributed by atoms with van der Waals surface area (Å²) in [4.78, 5) is 0. The summed E-state index contributed by atoms with van der Waals surface area (Å²) in [6.45, 7) is 4.63. The summed E-state index contributed by atoms with van der Waals surface area (Å²) in [5, 5.41) is 3.10. The molecule has 3 heteroatoms. The van der Waals surface area contributed by atoms with E-state index in [0.29, 0.717) is 18.2 Å². The van der Waals surface area contributed by atoms with Gasteiger partial charge in [-0.2, -0.15) is 0 Å². The molecule has 1 atom stereocenters. The second-order valence-corrected chi connectivity index (χ2v) is 3.71. The number of rotatable bonds is 4. The van der Waals surface area contributed by atoms with Crippen molar-refractivity contribution < 1.29 is 4.39 Å². The highest BCUT2D eigenvalue weighted by molar-refractivity contribution is 5.45. The van der Waals surface area contributed by atoms with Crippen LogP contribution in [0, 0.1) is 11.7 Å². The number of hydrogen-bond donors (Lipinski definition) is 2. The molecule has 0 heterocycles. The highest BCUT2D eigenvalue weighted by atomic mass is 19.1. The van der Waals surface area contributed by atoms with Crippen LogP contribution in [0.5, 0.6) is 0 Å². The van der Waals surface area contributed by atoms with E-state index in [0.717, 1.165) is 0 Å². The molecule has 1 unspecified atom stereocenters. The maximum absolute atomic E-state index is 13.2. The van der Waals surface area contributed by atoms with Crippen LogP contribution in [0.4, 0.5) is 10.1 Å². The minimum atomic E-state index is -0.230. The van der Waals surface area contributed by atoms with Crippen LogP contribution in [-0.4, -0.2) is 12.6 Å². The van der Waals surface area contributed by atoms with Gasteiger partial charge in [0.1, 0.15) is 5.82 Å². The molecule has 1 aromatic carbocycles. The topological polar surface area (TPSA) is 38.0 Å². The van der Waals surface area contributed by atoms with Crippen molar-refractivity contribution in [2.45, 2.75) is 19.9 Å². The molecule has 78 valence electrons. The zero-order valence-corrected chi connectivity index (χ0v) is 8.63. The second kappa shape index (κ2) is 4.96. The van der Waals surface area contributed by atoms with Crippen LogP contribution in [0.1, 0.15) is 13.8 Å². The first-order chi connectivity index (χ1) is 6.65. The summed E-state index contributed by atoms with van der Waals surface area (Å²) in [5.74, 6) is 0.159. The highest BCUT2D eigenvalue weighted by Crippen LogP contribution is 2.15. The van der Waals surface area contributed by atoms with Gasteiger partial charge < -0.3 is 11.1 Å². The largest absolute Gasteiger partial charge is 0.378 e. The molecule has 0 amide bonds.